The van der Waals surface area contributed by atoms with Crippen LogP contribution in [-0.4, -0.2) is 59.4 Å². The zero-order valence-corrected chi connectivity index (χ0v) is 15.4. The lowest BCUT2D eigenvalue weighted by molar-refractivity contribution is 0.00956. The number of anilines is 2. The van der Waals surface area contributed by atoms with Gasteiger partial charge in [0, 0.05) is 67.5 Å². The van der Waals surface area contributed by atoms with Gasteiger partial charge in [0.15, 0.2) is 5.78 Å². The summed E-state index contributed by atoms with van der Waals surface area (Å²) < 4.78 is 0. The zero-order chi connectivity index (χ0) is 18.6. The molecule has 3 aliphatic heterocycles. The van der Waals surface area contributed by atoms with Crippen molar-refractivity contribution in [3.05, 3.63) is 47.4 Å². The molecule has 8 heteroatoms. The fraction of sp³-hybridized carbons (Fsp3) is 0.368. The number of hydrogen-bond donors (Lipinski definition) is 0. The molecule has 2 fully saturated rings. The number of hydrogen-bond acceptors (Lipinski definition) is 5. The third-order valence-corrected chi connectivity index (χ3v) is 5.83. The molecule has 3 aliphatic rings. The highest BCUT2D eigenvalue weighted by molar-refractivity contribution is 6.31. The van der Waals surface area contributed by atoms with Crippen LogP contribution in [-0.2, 0) is 0 Å². The molecule has 1 aromatic carbocycles. The molecular formula is C19H18ClN5O2. The summed E-state index contributed by atoms with van der Waals surface area (Å²) in [4.78, 5) is 39.3. The van der Waals surface area contributed by atoms with Crippen molar-refractivity contribution in [3.63, 3.8) is 0 Å². The molecule has 0 unspecified atom stereocenters. The Morgan fingerprint density at radius 3 is 2.70 bits per heavy atom. The number of ketones is 1. The molecule has 2 amide bonds. The molecule has 138 valence electrons. The summed E-state index contributed by atoms with van der Waals surface area (Å²) in [5, 5.41) is 0.512. The Morgan fingerprint density at radius 2 is 1.96 bits per heavy atom. The molecule has 2 aromatic rings. The van der Waals surface area contributed by atoms with Crippen LogP contribution in [0.3, 0.4) is 0 Å². The highest BCUT2D eigenvalue weighted by Gasteiger charge is 2.54. The SMILES string of the molecule is O=C1CCN(C(=O)N2CC3(C2)CN(c2cnccn2)C3)c2ccc(Cl)cc21. The van der Waals surface area contributed by atoms with Gasteiger partial charge in [-0.25, -0.2) is 9.78 Å². The normalized spacial score (nSPS) is 20.2. The van der Waals surface area contributed by atoms with Gasteiger partial charge in [-0.1, -0.05) is 11.6 Å². The fourth-order valence-corrected chi connectivity index (χ4v) is 4.46. The molecule has 27 heavy (non-hydrogen) atoms. The minimum atomic E-state index is -0.0327. The molecule has 0 bridgehead atoms. The Morgan fingerprint density at radius 1 is 1.15 bits per heavy atom. The summed E-state index contributed by atoms with van der Waals surface area (Å²) in [6.07, 6.45) is 5.45. The Hall–Kier alpha value is -2.67. The standard InChI is InChI=1S/C19H18ClN5O2/c20-13-1-2-15-14(7-13)16(26)3-6-25(15)18(27)24-11-19(12-24)9-23(10-19)17-8-21-4-5-22-17/h1-2,4-5,7-8H,3,6,9-12H2. The Kier molecular flexibility index (Phi) is 3.62. The molecular weight excluding hydrogens is 366 g/mol. The Balaban J connectivity index is 1.26. The third kappa shape index (κ3) is 2.65. The average Bonchev–Trinajstić information content (AvgIpc) is 2.61. The number of likely N-dealkylation sites (tertiary alicyclic amines) is 1. The second-order valence-electron chi connectivity index (χ2n) is 7.54. The van der Waals surface area contributed by atoms with Crippen molar-refractivity contribution in [3.8, 4) is 0 Å². The van der Waals surface area contributed by atoms with Crippen molar-refractivity contribution in [2.24, 2.45) is 5.41 Å². The van der Waals surface area contributed by atoms with E-state index in [0.29, 0.717) is 29.2 Å². The first-order chi connectivity index (χ1) is 13.0. The van der Waals surface area contributed by atoms with E-state index in [1.54, 1.807) is 41.7 Å². The lowest BCUT2D eigenvalue weighted by atomic mass is 9.73. The van der Waals surface area contributed by atoms with Gasteiger partial charge in [0.25, 0.3) is 0 Å². The molecule has 4 heterocycles. The number of halogens is 1. The summed E-state index contributed by atoms with van der Waals surface area (Å²) in [5.74, 6) is 0.920. The first kappa shape index (κ1) is 16.5. The number of nitrogens with zero attached hydrogens (tertiary/aromatic N) is 5. The fourth-order valence-electron chi connectivity index (χ4n) is 4.28. The van der Waals surface area contributed by atoms with Crippen LogP contribution in [0.1, 0.15) is 16.8 Å². The van der Waals surface area contributed by atoms with Crippen molar-refractivity contribution < 1.29 is 9.59 Å². The molecule has 2 saturated heterocycles. The van der Waals surface area contributed by atoms with Crippen molar-refractivity contribution in [1.82, 2.24) is 14.9 Å². The number of carbonyl (C=O) groups is 2. The largest absolute Gasteiger partial charge is 0.354 e. The van der Waals surface area contributed by atoms with Gasteiger partial charge < -0.3 is 9.80 Å². The van der Waals surface area contributed by atoms with Gasteiger partial charge in [-0.2, -0.15) is 0 Å². The van der Waals surface area contributed by atoms with E-state index in [1.165, 1.54) is 0 Å². The number of carbonyl (C=O) groups excluding carboxylic acids is 2. The topological polar surface area (TPSA) is 69.6 Å². The van der Waals surface area contributed by atoms with Gasteiger partial charge in [-0.05, 0) is 18.2 Å². The number of aromatic nitrogens is 2. The monoisotopic (exact) mass is 383 g/mol. The van der Waals surface area contributed by atoms with E-state index in [4.69, 9.17) is 11.6 Å². The van der Waals surface area contributed by atoms with E-state index in [1.807, 2.05) is 4.90 Å². The van der Waals surface area contributed by atoms with Crippen LogP contribution in [0.15, 0.2) is 36.8 Å². The molecule has 0 saturated carbocycles. The zero-order valence-electron chi connectivity index (χ0n) is 14.6. The average molecular weight is 384 g/mol. The number of Topliss-reactive ketones (excluding diaryl/α,β-unsaturated/α-hetero) is 1. The van der Waals surface area contributed by atoms with Crippen LogP contribution in [0.5, 0.6) is 0 Å². The first-order valence-corrected chi connectivity index (χ1v) is 9.33. The third-order valence-electron chi connectivity index (χ3n) is 5.59. The summed E-state index contributed by atoms with van der Waals surface area (Å²) in [5.41, 5.74) is 1.35. The smallest absolute Gasteiger partial charge is 0.324 e. The summed E-state index contributed by atoms with van der Waals surface area (Å²) in [7, 11) is 0. The molecule has 5 rings (SSSR count). The van der Waals surface area contributed by atoms with Crippen molar-refractivity contribution in [2.45, 2.75) is 6.42 Å². The molecule has 1 spiro atoms. The van der Waals surface area contributed by atoms with Gasteiger partial charge in [0.05, 0.1) is 11.9 Å². The van der Waals surface area contributed by atoms with Crippen molar-refractivity contribution in [2.75, 3.05) is 42.5 Å². The van der Waals surface area contributed by atoms with Gasteiger partial charge in [-0.15, -0.1) is 0 Å². The summed E-state index contributed by atoms with van der Waals surface area (Å²) >= 11 is 6.02. The summed E-state index contributed by atoms with van der Waals surface area (Å²) in [6, 6.07) is 5.11. The van der Waals surface area contributed by atoms with E-state index in [9.17, 15) is 9.59 Å². The van der Waals surface area contributed by atoms with Gasteiger partial charge in [0.1, 0.15) is 5.82 Å². The van der Waals surface area contributed by atoms with E-state index >= 15 is 0 Å². The van der Waals surface area contributed by atoms with Crippen molar-refractivity contribution >= 4 is 34.9 Å². The maximum absolute atomic E-state index is 13.0. The number of benzene rings is 1. The predicted molar refractivity (Wildman–Crippen MR) is 101 cm³/mol. The second-order valence-corrected chi connectivity index (χ2v) is 7.98. The molecule has 0 atom stereocenters. The van der Waals surface area contributed by atoms with E-state index in [-0.39, 0.29) is 17.2 Å². The Bertz CT molecular complexity index is 921. The van der Waals surface area contributed by atoms with Crippen molar-refractivity contribution in [1.29, 1.82) is 0 Å². The Labute approximate surface area is 161 Å². The number of amides is 2. The number of fused-ring (bicyclic) bond motifs is 1. The van der Waals surface area contributed by atoms with Gasteiger partial charge >= 0.3 is 6.03 Å². The van der Waals surface area contributed by atoms with E-state index < -0.39 is 0 Å². The lowest BCUT2D eigenvalue weighted by Crippen LogP contribution is -2.74. The predicted octanol–water partition coefficient (Wildman–Crippen LogP) is 2.46. The highest BCUT2D eigenvalue weighted by Crippen LogP contribution is 2.42. The quantitative estimate of drug-likeness (QED) is 0.756. The molecule has 0 N–H and O–H groups in total. The van der Waals surface area contributed by atoms with E-state index in [2.05, 4.69) is 14.9 Å². The van der Waals surface area contributed by atoms with Crippen LogP contribution >= 0.6 is 11.6 Å². The molecule has 0 aliphatic carbocycles. The molecule has 1 aromatic heterocycles. The summed E-state index contributed by atoms with van der Waals surface area (Å²) in [6.45, 7) is 3.66. The first-order valence-electron chi connectivity index (χ1n) is 8.95. The molecule has 0 radical (unpaired) electrons. The minimum Gasteiger partial charge on any atom is -0.354 e. The number of rotatable bonds is 1. The highest BCUT2D eigenvalue weighted by atomic mass is 35.5. The van der Waals surface area contributed by atoms with Gasteiger partial charge in [-0.3, -0.25) is 14.7 Å². The maximum Gasteiger partial charge on any atom is 0.324 e. The van der Waals surface area contributed by atoms with Crippen LogP contribution < -0.4 is 9.80 Å². The van der Waals surface area contributed by atoms with Crippen LogP contribution in [0, 0.1) is 5.41 Å². The van der Waals surface area contributed by atoms with Gasteiger partial charge in [0.2, 0.25) is 0 Å². The van der Waals surface area contributed by atoms with Crippen LogP contribution in [0.25, 0.3) is 0 Å². The minimum absolute atomic E-state index is 0.0327. The van der Waals surface area contributed by atoms with Crippen LogP contribution in [0.2, 0.25) is 5.02 Å². The van der Waals surface area contributed by atoms with Crippen LogP contribution in [0.4, 0.5) is 16.3 Å². The maximum atomic E-state index is 13.0. The number of urea groups is 1. The molecule has 7 nitrogen and oxygen atoms in total. The van der Waals surface area contributed by atoms with E-state index in [0.717, 1.165) is 32.0 Å². The second kappa shape index (κ2) is 5.92. The lowest BCUT2D eigenvalue weighted by Gasteiger charge is -2.60.